The first-order chi connectivity index (χ1) is 5.81. The molecule has 5 heteroatoms. The van der Waals surface area contributed by atoms with Crippen molar-refractivity contribution in [2.45, 2.75) is 6.61 Å². The molecule has 0 saturated heterocycles. The maximum Gasteiger partial charge on any atom is 0.163 e. The van der Waals surface area contributed by atoms with Crippen molar-refractivity contribution in [1.29, 1.82) is 0 Å². The molecule has 0 aliphatic heterocycles. The van der Waals surface area contributed by atoms with Crippen LogP contribution in [0.25, 0.3) is 5.65 Å². The van der Waals surface area contributed by atoms with Crippen molar-refractivity contribution in [3.05, 3.63) is 29.2 Å². The van der Waals surface area contributed by atoms with Crippen LogP contribution in [0.4, 0.5) is 0 Å². The summed E-state index contributed by atoms with van der Waals surface area (Å²) in [7, 11) is 0. The topological polar surface area (TPSA) is 50.4 Å². The van der Waals surface area contributed by atoms with Crippen LogP contribution in [0, 0.1) is 0 Å². The minimum Gasteiger partial charge on any atom is -0.388 e. The Bertz CT molecular complexity index is 412. The average Bonchev–Trinajstić information content (AvgIpc) is 2.46. The first kappa shape index (κ1) is 7.52. The Labute approximate surface area is 73.4 Å². The molecule has 2 aromatic heterocycles. The zero-order chi connectivity index (χ0) is 8.55. The number of aliphatic hydroxyl groups is 1. The van der Waals surface area contributed by atoms with Gasteiger partial charge >= 0.3 is 0 Å². The summed E-state index contributed by atoms with van der Waals surface area (Å²) in [5, 5.41) is 17.0. The standard InChI is InChI=1S/C7H6ClN3O/c8-5-1-2-11-6(3-5)9-10-7(11)4-12/h1-3,12H,4H2. The predicted octanol–water partition coefficient (Wildman–Crippen LogP) is 0.875. The van der Waals surface area contributed by atoms with E-state index in [1.807, 2.05) is 0 Å². The molecule has 4 nitrogen and oxygen atoms in total. The van der Waals surface area contributed by atoms with Crippen LogP contribution in [0.3, 0.4) is 0 Å². The van der Waals surface area contributed by atoms with Crippen LogP contribution in [-0.2, 0) is 6.61 Å². The molecule has 0 aromatic carbocycles. The summed E-state index contributed by atoms with van der Waals surface area (Å²) in [6, 6.07) is 3.41. The van der Waals surface area contributed by atoms with Crippen LogP contribution in [0.1, 0.15) is 5.82 Å². The zero-order valence-corrected chi connectivity index (χ0v) is 6.86. The molecule has 0 fully saturated rings. The first-order valence-electron chi connectivity index (χ1n) is 3.41. The van der Waals surface area contributed by atoms with E-state index in [1.54, 1.807) is 22.7 Å². The van der Waals surface area contributed by atoms with E-state index in [1.165, 1.54) is 0 Å². The van der Waals surface area contributed by atoms with E-state index in [0.717, 1.165) is 0 Å². The minimum atomic E-state index is -0.122. The zero-order valence-electron chi connectivity index (χ0n) is 6.11. The lowest BCUT2D eigenvalue weighted by Gasteiger charge is -1.94. The highest BCUT2D eigenvalue weighted by Gasteiger charge is 2.02. The normalized spacial score (nSPS) is 10.8. The first-order valence-corrected chi connectivity index (χ1v) is 3.79. The molecule has 0 bridgehead atoms. The number of fused-ring (bicyclic) bond motifs is 1. The van der Waals surface area contributed by atoms with Crippen molar-refractivity contribution in [1.82, 2.24) is 14.6 Å². The summed E-state index contributed by atoms with van der Waals surface area (Å²) in [6.07, 6.45) is 1.73. The maximum absolute atomic E-state index is 8.84. The highest BCUT2D eigenvalue weighted by Crippen LogP contribution is 2.11. The summed E-state index contributed by atoms with van der Waals surface area (Å²) < 4.78 is 1.69. The number of nitrogens with zero attached hydrogens (tertiary/aromatic N) is 3. The lowest BCUT2D eigenvalue weighted by Crippen LogP contribution is -1.92. The van der Waals surface area contributed by atoms with Gasteiger partial charge in [0.05, 0.1) is 0 Å². The summed E-state index contributed by atoms with van der Waals surface area (Å²) in [4.78, 5) is 0. The van der Waals surface area contributed by atoms with Crippen molar-refractivity contribution < 1.29 is 5.11 Å². The summed E-state index contributed by atoms with van der Waals surface area (Å²) in [6.45, 7) is -0.122. The molecular formula is C7H6ClN3O. The molecule has 0 spiro atoms. The fourth-order valence-electron chi connectivity index (χ4n) is 1.02. The molecule has 2 rings (SSSR count). The Balaban J connectivity index is 2.73. The Hall–Kier alpha value is -1.13. The van der Waals surface area contributed by atoms with E-state index in [-0.39, 0.29) is 6.61 Å². The fraction of sp³-hybridized carbons (Fsp3) is 0.143. The van der Waals surface area contributed by atoms with Gasteiger partial charge in [-0.15, -0.1) is 10.2 Å². The highest BCUT2D eigenvalue weighted by atomic mass is 35.5. The Morgan fingerprint density at radius 3 is 3.08 bits per heavy atom. The van der Waals surface area contributed by atoms with Gasteiger partial charge in [0.2, 0.25) is 0 Å². The second-order valence-electron chi connectivity index (χ2n) is 2.35. The largest absolute Gasteiger partial charge is 0.388 e. The van der Waals surface area contributed by atoms with Gasteiger partial charge in [0.25, 0.3) is 0 Å². The molecule has 1 N–H and O–H groups in total. The highest BCUT2D eigenvalue weighted by molar-refractivity contribution is 6.30. The second kappa shape index (κ2) is 2.73. The Kier molecular flexibility index (Phi) is 1.71. The van der Waals surface area contributed by atoms with E-state index in [9.17, 15) is 0 Å². The van der Waals surface area contributed by atoms with Crippen LogP contribution in [0.2, 0.25) is 5.02 Å². The van der Waals surface area contributed by atoms with Crippen molar-refractivity contribution >= 4 is 17.2 Å². The molecule has 0 unspecified atom stereocenters. The van der Waals surface area contributed by atoms with E-state index < -0.39 is 0 Å². The molecule has 62 valence electrons. The molecule has 0 amide bonds. The lowest BCUT2D eigenvalue weighted by molar-refractivity contribution is 0.270. The molecule has 0 aliphatic rings. The van der Waals surface area contributed by atoms with Gasteiger partial charge in [0, 0.05) is 17.3 Å². The molecule has 0 radical (unpaired) electrons. The molecule has 0 saturated carbocycles. The third-order valence-electron chi connectivity index (χ3n) is 1.58. The monoisotopic (exact) mass is 183 g/mol. The number of aromatic nitrogens is 3. The predicted molar refractivity (Wildman–Crippen MR) is 43.9 cm³/mol. The van der Waals surface area contributed by atoms with Crippen LogP contribution < -0.4 is 0 Å². The SMILES string of the molecule is OCc1nnc2cc(Cl)ccn12. The number of rotatable bonds is 1. The van der Waals surface area contributed by atoms with Gasteiger partial charge in [0.15, 0.2) is 11.5 Å². The molecule has 0 aliphatic carbocycles. The van der Waals surface area contributed by atoms with Gasteiger partial charge in [-0.05, 0) is 6.07 Å². The summed E-state index contributed by atoms with van der Waals surface area (Å²) in [5.74, 6) is 0.515. The molecule has 2 aromatic rings. The summed E-state index contributed by atoms with van der Waals surface area (Å²) in [5.41, 5.74) is 0.645. The minimum absolute atomic E-state index is 0.122. The van der Waals surface area contributed by atoms with Gasteiger partial charge in [-0.3, -0.25) is 4.40 Å². The molecule has 12 heavy (non-hydrogen) atoms. The number of halogens is 1. The molecule has 2 heterocycles. The van der Waals surface area contributed by atoms with E-state index in [0.29, 0.717) is 16.5 Å². The van der Waals surface area contributed by atoms with E-state index in [4.69, 9.17) is 16.7 Å². The van der Waals surface area contributed by atoms with Crippen LogP contribution >= 0.6 is 11.6 Å². The van der Waals surface area contributed by atoms with Crippen molar-refractivity contribution in [2.24, 2.45) is 0 Å². The van der Waals surface area contributed by atoms with Gasteiger partial charge in [-0.2, -0.15) is 0 Å². The van der Waals surface area contributed by atoms with Crippen LogP contribution in [-0.4, -0.2) is 19.7 Å². The van der Waals surface area contributed by atoms with Crippen LogP contribution in [0.15, 0.2) is 18.3 Å². The van der Waals surface area contributed by atoms with Crippen molar-refractivity contribution in [3.8, 4) is 0 Å². The molecule has 0 atom stereocenters. The van der Waals surface area contributed by atoms with E-state index >= 15 is 0 Å². The third kappa shape index (κ3) is 1.05. The third-order valence-corrected chi connectivity index (χ3v) is 1.82. The Morgan fingerprint density at radius 1 is 1.50 bits per heavy atom. The summed E-state index contributed by atoms with van der Waals surface area (Å²) >= 11 is 5.73. The maximum atomic E-state index is 8.84. The average molecular weight is 184 g/mol. The fourth-order valence-corrected chi connectivity index (χ4v) is 1.18. The number of pyridine rings is 1. The lowest BCUT2D eigenvalue weighted by atomic mass is 10.4. The van der Waals surface area contributed by atoms with Gasteiger partial charge < -0.3 is 5.11 Å². The van der Waals surface area contributed by atoms with E-state index in [2.05, 4.69) is 10.2 Å². The van der Waals surface area contributed by atoms with Crippen molar-refractivity contribution in [2.75, 3.05) is 0 Å². The second-order valence-corrected chi connectivity index (χ2v) is 2.78. The smallest absolute Gasteiger partial charge is 0.163 e. The number of hydrogen-bond acceptors (Lipinski definition) is 3. The number of aliphatic hydroxyl groups excluding tert-OH is 1. The van der Waals surface area contributed by atoms with Crippen LogP contribution in [0.5, 0.6) is 0 Å². The quantitative estimate of drug-likeness (QED) is 0.714. The van der Waals surface area contributed by atoms with Gasteiger partial charge in [0.1, 0.15) is 6.61 Å². The van der Waals surface area contributed by atoms with Gasteiger partial charge in [-0.25, -0.2) is 0 Å². The van der Waals surface area contributed by atoms with Gasteiger partial charge in [-0.1, -0.05) is 11.6 Å². The molecular weight excluding hydrogens is 178 g/mol. The Morgan fingerprint density at radius 2 is 2.33 bits per heavy atom. The van der Waals surface area contributed by atoms with Crippen molar-refractivity contribution in [3.63, 3.8) is 0 Å². The number of hydrogen-bond donors (Lipinski definition) is 1.